The number of hydrogen-bond donors (Lipinski definition) is 0. The number of carbonyl (C=O) groups is 2. The molecule has 0 radical (unpaired) electrons. The van der Waals surface area contributed by atoms with Gasteiger partial charge in [0.05, 0.1) is 0 Å². The molecule has 6 nitrogen and oxygen atoms in total. The van der Waals surface area contributed by atoms with E-state index in [0.717, 1.165) is 0 Å². The topological polar surface area (TPSA) is 62.6 Å². The van der Waals surface area contributed by atoms with Crippen LogP contribution in [0.15, 0.2) is 23.1 Å². The molecular formula is C16H23N3O3. The predicted molar refractivity (Wildman–Crippen MR) is 83.6 cm³/mol. The number of pyridine rings is 1. The van der Waals surface area contributed by atoms with Gasteiger partial charge in [-0.3, -0.25) is 14.4 Å². The molecule has 1 aromatic rings. The van der Waals surface area contributed by atoms with Gasteiger partial charge in [0.2, 0.25) is 5.91 Å². The number of carbonyl (C=O) groups excluding carboxylic acids is 2. The maximum Gasteiger partial charge on any atom is 0.254 e. The number of aryl methyl sites for hydroxylation is 1. The lowest BCUT2D eigenvalue weighted by Gasteiger charge is -2.37. The normalized spacial score (nSPS) is 15.8. The SMILES string of the molecule is Cn1ccc(C(=O)N2CCN(C(=O)C(C)(C)C)CC2)cc1=O. The Kier molecular flexibility index (Phi) is 4.39. The van der Waals surface area contributed by atoms with Crippen molar-refractivity contribution in [2.24, 2.45) is 12.5 Å². The third-order valence-electron chi connectivity index (χ3n) is 3.85. The lowest BCUT2D eigenvalue weighted by Crippen LogP contribution is -2.53. The van der Waals surface area contributed by atoms with Gasteiger partial charge in [-0.25, -0.2) is 0 Å². The summed E-state index contributed by atoms with van der Waals surface area (Å²) >= 11 is 0. The van der Waals surface area contributed by atoms with Gasteiger partial charge in [0.15, 0.2) is 0 Å². The van der Waals surface area contributed by atoms with Crippen molar-refractivity contribution < 1.29 is 9.59 Å². The molecule has 2 heterocycles. The van der Waals surface area contributed by atoms with Gasteiger partial charge in [-0.05, 0) is 6.07 Å². The van der Waals surface area contributed by atoms with Crippen LogP contribution in [0.3, 0.4) is 0 Å². The maximum atomic E-state index is 12.4. The summed E-state index contributed by atoms with van der Waals surface area (Å²) in [6.45, 7) is 7.75. The second-order valence-corrected chi connectivity index (χ2v) is 6.70. The smallest absolute Gasteiger partial charge is 0.254 e. The van der Waals surface area contributed by atoms with E-state index in [-0.39, 0.29) is 17.4 Å². The predicted octanol–water partition coefficient (Wildman–Crippen LogP) is 0.716. The minimum atomic E-state index is -0.405. The highest BCUT2D eigenvalue weighted by atomic mass is 16.2. The maximum absolute atomic E-state index is 12.4. The summed E-state index contributed by atoms with van der Waals surface area (Å²) in [5.41, 5.74) is -0.205. The van der Waals surface area contributed by atoms with Crippen molar-refractivity contribution in [3.63, 3.8) is 0 Å². The van der Waals surface area contributed by atoms with E-state index in [1.807, 2.05) is 20.8 Å². The molecule has 0 unspecified atom stereocenters. The summed E-state index contributed by atoms with van der Waals surface area (Å²) in [5, 5.41) is 0. The number of rotatable bonds is 1. The van der Waals surface area contributed by atoms with Gasteiger partial charge in [0.25, 0.3) is 11.5 Å². The minimum absolute atomic E-state index is 0.105. The van der Waals surface area contributed by atoms with Gasteiger partial charge in [0, 0.05) is 56.5 Å². The van der Waals surface area contributed by atoms with E-state index in [2.05, 4.69) is 0 Å². The number of amides is 2. The van der Waals surface area contributed by atoms with Crippen LogP contribution in [0.1, 0.15) is 31.1 Å². The molecule has 0 saturated carbocycles. The molecule has 1 saturated heterocycles. The Balaban J connectivity index is 2.02. The first-order valence-electron chi connectivity index (χ1n) is 7.45. The van der Waals surface area contributed by atoms with Crippen LogP contribution in [-0.2, 0) is 11.8 Å². The summed E-state index contributed by atoms with van der Waals surface area (Å²) in [7, 11) is 1.65. The Morgan fingerprint density at radius 2 is 1.59 bits per heavy atom. The monoisotopic (exact) mass is 305 g/mol. The summed E-state index contributed by atoms with van der Waals surface area (Å²) in [6.07, 6.45) is 1.59. The zero-order chi connectivity index (χ0) is 16.5. The second kappa shape index (κ2) is 5.94. The second-order valence-electron chi connectivity index (χ2n) is 6.70. The van der Waals surface area contributed by atoms with Gasteiger partial charge in [-0.1, -0.05) is 20.8 Å². The van der Waals surface area contributed by atoms with Crippen LogP contribution in [0.25, 0.3) is 0 Å². The fourth-order valence-corrected chi connectivity index (χ4v) is 2.45. The van der Waals surface area contributed by atoms with Crippen molar-refractivity contribution >= 4 is 11.8 Å². The number of aromatic nitrogens is 1. The van der Waals surface area contributed by atoms with E-state index in [4.69, 9.17) is 0 Å². The first-order valence-corrected chi connectivity index (χ1v) is 7.45. The molecule has 2 amide bonds. The van der Waals surface area contributed by atoms with Crippen LogP contribution in [0.5, 0.6) is 0 Å². The fraction of sp³-hybridized carbons (Fsp3) is 0.562. The van der Waals surface area contributed by atoms with Gasteiger partial charge in [0.1, 0.15) is 0 Å². The fourth-order valence-electron chi connectivity index (χ4n) is 2.45. The van der Waals surface area contributed by atoms with Crippen LogP contribution < -0.4 is 5.56 Å². The highest BCUT2D eigenvalue weighted by Crippen LogP contribution is 2.19. The molecular weight excluding hydrogens is 282 g/mol. The molecule has 0 aromatic carbocycles. The van der Waals surface area contributed by atoms with Crippen LogP contribution >= 0.6 is 0 Å². The van der Waals surface area contributed by atoms with Gasteiger partial charge in [-0.2, -0.15) is 0 Å². The summed E-state index contributed by atoms with van der Waals surface area (Å²) in [4.78, 5) is 39.8. The largest absolute Gasteiger partial charge is 0.339 e. The molecule has 0 aliphatic carbocycles. The summed E-state index contributed by atoms with van der Waals surface area (Å²) in [5.74, 6) is -0.0475. The minimum Gasteiger partial charge on any atom is -0.339 e. The third-order valence-corrected chi connectivity index (χ3v) is 3.85. The van der Waals surface area contributed by atoms with Crippen molar-refractivity contribution in [3.05, 3.63) is 34.2 Å². The van der Waals surface area contributed by atoms with Crippen molar-refractivity contribution in [2.45, 2.75) is 20.8 Å². The molecule has 2 rings (SSSR count). The molecule has 1 fully saturated rings. The van der Waals surface area contributed by atoms with E-state index in [0.29, 0.717) is 31.7 Å². The average Bonchev–Trinajstić information content (AvgIpc) is 2.48. The Bertz CT molecular complexity index is 635. The lowest BCUT2D eigenvalue weighted by atomic mass is 9.94. The highest BCUT2D eigenvalue weighted by molar-refractivity contribution is 5.94. The Morgan fingerprint density at radius 3 is 2.09 bits per heavy atom. The van der Waals surface area contributed by atoms with Crippen molar-refractivity contribution in [3.8, 4) is 0 Å². The van der Waals surface area contributed by atoms with Crippen molar-refractivity contribution in [1.29, 1.82) is 0 Å². The van der Waals surface area contributed by atoms with E-state index >= 15 is 0 Å². The highest BCUT2D eigenvalue weighted by Gasteiger charge is 2.31. The lowest BCUT2D eigenvalue weighted by molar-refractivity contribution is -0.140. The van der Waals surface area contributed by atoms with Crippen LogP contribution in [0.2, 0.25) is 0 Å². The zero-order valence-corrected chi connectivity index (χ0v) is 13.6. The third kappa shape index (κ3) is 3.37. The van der Waals surface area contributed by atoms with Crippen LogP contribution in [0, 0.1) is 5.41 Å². The molecule has 6 heteroatoms. The van der Waals surface area contributed by atoms with Crippen molar-refractivity contribution in [2.75, 3.05) is 26.2 Å². The molecule has 1 aliphatic heterocycles. The molecule has 0 spiro atoms. The van der Waals surface area contributed by atoms with Gasteiger partial charge in [-0.15, -0.1) is 0 Å². The standard InChI is InChI=1S/C16H23N3O3/c1-16(2,3)15(22)19-9-7-18(8-10-19)14(21)12-5-6-17(4)13(20)11-12/h5-6,11H,7-10H2,1-4H3. The van der Waals surface area contributed by atoms with Gasteiger partial charge >= 0.3 is 0 Å². The number of piperazine rings is 1. The number of nitrogens with zero attached hydrogens (tertiary/aromatic N) is 3. The van der Waals surface area contributed by atoms with Crippen LogP contribution in [-0.4, -0.2) is 52.4 Å². The summed E-state index contributed by atoms with van der Waals surface area (Å²) < 4.78 is 1.43. The first-order chi connectivity index (χ1) is 10.2. The Labute approximate surface area is 130 Å². The van der Waals surface area contributed by atoms with E-state index < -0.39 is 5.41 Å². The molecule has 0 N–H and O–H groups in total. The molecule has 22 heavy (non-hydrogen) atoms. The number of hydrogen-bond acceptors (Lipinski definition) is 3. The molecule has 1 aromatic heterocycles. The average molecular weight is 305 g/mol. The quantitative estimate of drug-likeness (QED) is 0.768. The Hall–Kier alpha value is -2.11. The van der Waals surface area contributed by atoms with E-state index in [1.165, 1.54) is 10.6 Å². The molecule has 1 aliphatic rings. The van der Waals surface area contributed by atoms with Gasteiger partial charge < -0.3 is 14.4 Å². The van der Waals surface area contributed by atoms with Crippen LogP contribution in [0.4, 0.5) is 0 Å². The summed E-state index contributed by atoms with van der Waals surface area (Å²) in [6, 6.07) is 3.01. The molecule has 0 atom stereocenters. The van der Waals surface area contributed by atoms with E-state index in [1.54, 1.807) is 29.1 Å². The first kappa shape index (κ1) is 16.3. The Morgan fingerprint density at radius 1 is 1.05 bits per heavy atom. The van der Waals surface area contributed by atoms with Crippen molar-refractivity contribution in [1.82, 2.24) is 14.4 Å². The zero-order valence-electron chi connectivity index (χ0n) is 13.6. The molecule has 120 valence electrons. The molecule has 0 bridgehead atoms. The van der Waals surface area contributed by atoms with E-state index in [9.17, 15) is 14.4 Å².